The largest absolute Gasteiger partial charge is 0.390 e. The summed E-state index contributed by atoms with van der Waals surface area (Å²) in [6, 6.07) is 1.52. The maximum absolute atomic E-state index is 12.4. The lowest BCUT2D eigenvalue weighted by molar-refractivity contribution is 0.180. The van der Waals surface area contributed by atoms with Crippen molar-refractivity contribution in [2.75, 3.05) is 26.8 Å². The van der Waals surface area contributed by atoms with Gasteiger partial charge in [-0.05, 0) is 13.0 Å². The number of hydrogen-bond donors (Lipinski definition) is 1. The Morgan fingerprint density at radius 3 is 2.53 bits per heavy atom. The van der Waals surface area contributed by atoms with Gasteiger partial charge in [0.1, 0.15) is 4.90 Å². The van der Waals surface area contributed by atoms with Gasteiger partial charge in [-0.1, -0.05) is 6.92 Å². The normalized spacial score (nSPS) is 12.3. The quantitative estimate of drug-likeness (QED) is 0.763. The van der Waals surface area contributed by atoms with Crippen LogP contribution in [-0.4, -0.2) is 49.2 Å². The van der Waals surface area contributed by atoms with Gasteiger partial charge in [-0.25, -0.2) is 8.42 Å². The second kappa shape index (κ2) is 7.04. The van der Waals surface area contributed by atoms with Crippen LogP contribution in [0.3, 0.4) is 0 Å². The number of ether oxygens (including phenoxy) is 1. The van der Waals surface area contributed by atoms with Gasteiger partial charge in [0.05, 0.1) is 13.2 Å². The predicted molar refractivity (Wildman–Crippen MR) is 72.3 cm³/mol. The number of hydrogen-bond acceptors (Lipinski definition) is 4. The highest BCUT2D eigenvalue weighted by Crippen LogP contribution is 2.19. The summed E-state index contributed by atoms with van der Waals surface area (Å²) in [7, 11) is -1.98. The zero-order valence-corrected chi connectivity index (χ0v) is 12.5. The maximum Gasteiger partial charge on any atom is 0.244 e. The predicted octanol–water partition coefficient (Wildman–Crippen LogP) is 0.657. The third-order valence-corrected chi connectivity index (χ3v) is 4.94. The van der Waals surface area contributed by atoms with Crippen molar-refractivity contribution in [3.63, 3.8) is 0 Å². The molecule has 7 heteroatoms. The number of aryl methyl sites for hydroxylation is 1. The molecule has 0 saturated heterocycles. The number of sulfonamides is 1. The van der Waals surface area contributed by atoms with Crippen LogP contribution in [-0.2, 0) is 27.9 Å². The molecule has 1 rings (SSSR count). The van der Waals surface area contributed by atoms with E-state index in [1.807, 2.05) is 6.92 Å². The first kappa shape index (κ1) is 16.2. The van der Waals surface area contributed by atoms with Crippen LogP contribution in [0.1, 0.15) is 19.5 Å². The van der Waals surface area contributed by atoms with E-state index in [1.54, 1.807) is 17.7 Å². The molecule has 0 spiro atoms. The lowest BCUT2D eigenvalue weighted by Gasteiger charge is -2.19. The summed E-state index contributed by atoms with van der Waals surface area (Å²) >= 11 is 0. The van der Waals surface area contributed by atoms with Crippen molar-refractivity contribution in [2.45, 2.75) is 31.9 Å². The number of nitrogens with zero attached hydrogens (tertiary/aromatic N) is 2. The number of methoxy groups -OCH3 is 1. The van der Waals surface area contributed by atoms with Gasteiger partial charge in [0.25, 0.3) is 0 Å². The molecule has 1 aromatic rings. The molecule has 110 valence electrons. The number of aliphatic hydroxyl groups excluding tert-OH is 1. The SMILES string of the molecule is CCN(CCOC)S(=O)(=O)c1cc(CO)n(CC)c1. The van der Waals surface area contributed by atoms with Crippen LogP contribution >= 0.6 is 0 Å². The molecule has 0 aliphatic heterocycles. The summed E-state index contributed by atoms with van der Waals surface area (Å²) in [5.41, 5.74) is 0.601. The van der Waals surface area contributed by atoms with Crippen LogP contribution in [0.2, 0.25) is 0 Å². The summed E-state index contributed by atoms with van der Waals surface area (Å²) in [5.74, 6) is 0. The molecule has 1 aromatic heterocycles. The lowest BCUT2D eigenvalue weighted by Crippen LogP contribution is -2.33. The van der Waals surface area contributed by atoms with Crippen LogP contribution in [0.5, 0.6) is 0 Å². The maximum atomic E-state index is 12.4. The van der Waals surface area contributed by atoms with E-state index in [4.69, 9.17) is 4.74 Å². The van der Waals surface area contributed by atoms with Crippen molar-refractivity contribution in [3.8, 4) is 0 Å². The van der Waals surface area contributed by atoms with E-state index in [0.29, 0.717) is 31.9 Å². The molecule has 0 saturated carbocycles. The zero-order chi connectivity index (χ0) is 14.5. The molecule has 0 aliphatic carbocycles. The molecule has 19 heavy (non-hydrogen) atoms. The van der Waals surface area contributed by atoms with Gasteiger partial charge in [-0.3, -0.25) is 0 Å². The molecule has 0 aliphatic rings. The number of rotatable bonds is 8. The van der Waals surface area contributed by atoms with Gasteiger partial charge < -0.3 is 14.4 Å². The highest BCUT2D eigenvalue weighted by atomic mass is 32.2. The van der Waals surface area contributed by atoms with Crippen LogP contribution in [0.15, 0.2) is 17.2 Å². The van der Waals surface area contributed by atoms with Crippen LogP contribution in [0.4, 0.5) is 0 Å². The molecule has 0 atom stereocenters. The van der Waals surface area contributed by atoms with E-state index < -0.39 is 10.0 Å². The van der Waals surface area contributed by atoms with Gasteiger partial charge in [-0.2, -0.15) is 4.31 Å². The minimum absolute atomic E-state index is 0.173. The standard InChI is InChI=1S/C12H22N2O4S/c1-4-13-9-12(8-11(13)10-15)19(16,17)14(5-2)6-7-18-3/h8-9,15H,4-7,10H2,1-3H3. The Morgan fingerprint density at radius 2 is 2.11 bits per heavy atom. The average molecular weight is 290 g/mol. The topological polar surface area (TPSA) is 71.8 Å². The minimum Gasteiger partial charge on any atom is -0.390 e. The third kappa shape index (κ3) is 3.56. The van der Waals surface area contributed by atoms with Gasteiger partial charge in [0.2, 0.25) is 10.0 Å². The molecule has 6 nitrogen and oxygen atoms in total. The van der Waals surface area contributed by atoms with Gasteiger partial charge in [-0.15, -0.1) is 0 Å². The Bertz CT molecular complexity index is 474. The summed E-state index contributed by atoms with van der Waals surface area (Å²) in [4.78, 5) is 0.219. The monoisotopic (exact) mass is 290 g/mol. The van der Waals surface area contributed by atoms with Crippen molar-refractivity contribution >= 4 is 10.0 Å². The van der Waals surface area contributed by atoms with Crippen molar-refractivity contribution < 1.29 is 18.3 Å². The summed E-state index contributed by atoms with van der Waals surface area (Å²) in [6.45, 7) is 5.20. The first-order valence-corrected chi connectivity index (χ1v) is 7.74. The molecule has 0 aromatic carbocycles. The molecule has 0 fully saturated rings. The molecule has 0 radical (unpaired) electrons. The van der Waals surface area contributed by atoms with E-state index in [-0.39, 0.29) is 11.5 Å². The third-order valence-electron chi connectivity index (χ3n) is 3.00. The number of likely N-dealkylation sites (N-methyl/N-ethyl adjacent to an activating group) is 1. The van der Waals surface area contributed by atoms with Crippen LogP contribution in [0, 0.1) is 0 Å². The van der Waals surface area contributed by atoms with Gasteiger partial charge in [0, 0.05) is 38.6 Å². The van der Waals surface area contributed by atoms with E-state index >= 15 is 0 Å². The summed E-state index contributed by atoms with van der Waals surface area (Å²) in [5, 5.41) is 9.22. The van der Waals surface area contributed by atoms with Crippen molar-refractivity contribution in [2.24, 2.45) is 0 Å². The Morgan fingerprint density at radius 1 is 1.42 bits per heavy atom. The first-order valence-electron chi connectivity index (χ1n) is 6.30. The highest BCUT2D eigenvalue weighted by Gasteiger charge is 2.24. The second-order valence-electron chi connectivity index (χ2n) is 4.10. The van der Waals surface area contributed by atoms with E-state index in [1.165, 1.54) is 17.5 Å². The van der Waals surface area contributed by atoms with Gasteiger partial charge in [0.15, 0.2) is 0 Å². The van der Waals surface area contributed by atoms with E-state index in [2.05, 4.69) is 0 Å². The molecular weight excluding hydrogens is 268 g/mol. The van der Waals surface area contributed by atoms with Crippen LogP contribution in [0.25, 0.3) is 0 Å². The average Bonchev–Trinajstić information content (AvgIpc) is 2.83. The molecule has 1 N–H and O–H groups in total. The lowest BCUT2D eigenvalue weighted by atomic mass is 10.4. The fourth-order valence-electron chi connectivity index (χ4n) is 1.88. The Kier molecular flexibility index (Phi) is 5.99. The summed E-state index contributed by atoms with van der Waals surface area (Å²) < 4.78 is 32.9. The Balaban J connectivity index is 3.07. The van der Waals surface area contributed by atoms with Crippen LogP contribution < -0.4 is 0 Å². The smallest absolute Gasteiger partial charge is 0.244 e. The molecular formula is C12H22N2O4S. The van der Waals surface area contributed by atoms with Gasteiger partial charge >= 0.3 is 0 Å². The fourth-order valence-corrected chi connectivity index (χ4v) is 3.38. The minimum atomic E-state index is -3.52. The van der Waals surface area contributed by atoms with Crippen molar-refractivity contribution in [1.82, 2.24) is 8.87 Å². The van der Waals surface area contributed by atoms with Crippen molar-refractivity contribution in [1.29, 1.82) is 0 Å². The summed E-state index contributed by atoms with van der Waals surface area (Å²) in [6.07, 6.45) is 1.57. The highest BCUT2D eigenvalue weighted by molar-refractivity contribution is 7.89. The Hall–Kier alpha value is -0.890. The second-order valence-corrected chi connectivity index (χ2v) is 6.04. The fraction of sp³-hybridized carbons (Fsp3) is 0.667. The molecule has 1 heterocycles. The van der Waals surface area contributed by atoms with Crippen molar-refractivity contribution in [3.05, 3.63) is 18.0 Å². The molecule has 0 bridgehead atoms. The van der Waals surface area contributed by atoms with E-state index in [0.717, 1.165) is 0 Å². The number of aromatic nitrogens is 1. The molecule has 0 amide bonds. The zero-order valence-electron chi connectivity index (χ0n) is 11.7. The van der Waals surface area contributed by atoms with E-state index in [9.17, 15) is 13.5 Å². The number of aliphatic hydroxyl groups is 1. The Labute approximate surface area is 114 Å². The first-order chi connectivity index (χ1) is 9.01. The molecule has 0 unspecified atom stereocenters.